The van der Waals surface area contributed by atoms with Crippen molar-refractivity contribution in [1.82, 2.24) is 4.90 Å². The molecular weight excluding hydrogens is 277 g/mol. The van der Waals surface area contributed by atoms with Gasteiger partial charge >= 0.3 is 5.97 Å². The fourth-order valence-electron chi connectivity index (χ4n) is 2.32. The summed E-state index contributed by atoms with van der Waals surface area (Å²) in [5.41, 5.74) is 0. The highest BCUT2D eigenvalue weighted by atomic mass is 19.1. The maximum atomic E-state index is 13.0. The molecule has 0 N–H and O–H groups in total. The molecular formula is C15H18FNO4. The third kappa shape index (κ3) is 4.18. The fraction of sp³-hybridized carbons (Fsp3) is 0.467. The molecule has 0 saturated carbocycles. The molecule has 1 aromatic rings. The van der Waals surface area contributed by atoms with Crippen molar-refractivity contribution >= 4 is 11.9 Å². The van der Waals surface area contributed by atoms with E-state index >= 15 is 0 Å². The standard InChI is InChI=1S/C15H18FNO4/c1-20-15(19)11-5-7-17(10-11)14(18)6-8-21-13-4-2-3-12(16)9-13/h2-4,9,11H,5-8,10H2,1H3. The van der Waals surface area contributed by atoms with E-state index in [4.69, 9.17) is 4.74 Å². The Hall–Kier alpha value is -2.11. The number of halogens is 1. The SMILES string of the molecule is COC(=O)C1CCN(C(=O)CCOc2cccc(F)c2)C1. The highest BCUT2D eigenvalue weighted by Crippen LogP contribution is 2.18. The van der Waals surface area contributed by atoms with Crippen LogP contribution in [-0.2, 0) is 14.3 Å². The van der Waals surface area contributed by atoms with Crippen LogP contribution in [0, 0.1) is 11.7 Å². The molecule has 2 rings (SSSR count). The molecule has 1 aliphatic heterocycles. The van der Waals surface area contributed by atoms with Crippen LogP contribution in [0.5, 0.6) is 5.75 Å². The lowest BCUT2D eigenvalue weighted by atomic mass is 10.1. The van der Waals surface area contributed by atoms with Crippen molar-refractivity contribution in [2.75, 3.05) is 26.8 Å². The Morgan fingerprint density at radius 3 is 2.95 bits per heavy atom. The summed E-state index contributed by atoms with van der Waals surface area (Å²) in [5, 5.41) is 0. The Bertz CT molecular complexity index is 520. The number of amides is 1. The highest BCUT2D eigenvalue weighted by Gasteiger charge is 2.31. The first-order chi connectivity index (χ1) is 10.1. The van der Waals surface area contributed by atoms with Crippen molar-refractivity contribution < 1.29 is 23.5 Å². The molecule has 0 spiro atoms. The van der Waals surface area contributed by atoms with Crippen molar-refractivity contribution in [3.8, 4) is 5.75 Å². The van der Waals surface area contributed by atoms with E-state index in [0.29, 0.717) is 25.3 Å². The number of carbonyl (C=O) groups excluding carboxylic acids is 2. The minimum atomic E-state index is -0.376. The molecule has 0 aromatic heterocycles. The summed E-state index contributed by atoms with van der Waals surface area (Å²) in [6, 6.07) is 5.79. The van der Waals surface area contributed by atoms with Gasteiger partial charge in [0.2, 0.25) is 5.91 Å². The van der Waals surface area contributed by atoms with E-state index in [1.165, 1.54) is 19.2 Å². The summed E-state index contributed by atoms with van der Waals surface area (Å²) < 4.78 is 23.0. The number of rotatable bonds is 5. The Balaban J connectivity index is 1.74. The topological polar surface area (TPSA) is 55.8 Å². The van der Waals surface area contributed by atoms with E-state index in [1.807, 2.05) is 0 Å². The van der Waals surface area contributed by atoms with Crippen LogP contribution in [0.1, 0.15) is 12.8 Å². The third-order valence-electron chi connectivity index (χ3n) is 3.46. The van der Waals surface area contributed by atoms with Gasteiger partial charge in [-0.2, -0.15) is 0 Å². The lowest BCUT2D eigenvalue weighted by molar-refractivity contribution is -0.145. The van der Waals surface area contributed by atoms with Crippen LogP contribution in [0.2, 0.25) is 0 Å². The maximum absolute atomic E-state index is 13.0. The van der Waals surface area contributed by atoms with E-state index < -0.39 is 0 Å². The zero-order valence-corrected chi connectivity index (χ0v) is 11.9. The molecule has 1 heterocycles. The van der Waals surface area contributed by atoms with Crippen molar-refractivity contribution in [3.05, 3.63) is 30.1 Å². The van der Waals surface area contributed by atoms with Crippen LogP contribution < -0.4 is 4.74 Å². The van der Waals surface area contributed by atoms with Crippen LogP contribution in [0.25, 0.3) is 0 Å². The number of methoxy groups -OCH3 is 1. The molecule has 0 aliphatic carbocycles. The van der Waals surface area contributed by atoms with Crippen molar-refractivity contribution in [1.29, 1.82) is 0 Å². The molecule has 114 valence electrons. The summed E-state index contributed by atoms with van der Waals surface area (Å²) in [6.07, 6.45) is 0.827. The average molecular weight is 295 g/mol. The third-order valence-corrected chi connectivity index (χ3v) is 3.46. The summed E-state index contributed by atoms with van der Waals surface area (Å²) >= 11 is 0. The molecule has 1 atom stereocenters. The van der Waals surface area contributed by atoms with Gasteiger partial charge in [0.05, 0.1) is 26.1 Å². The molecule has 0 bridgehead atoms. The van der Waals surface area contributed by atoms with E-state index in [9.17, 15) is 14.0 Å². The van der Waals surface area contributed by atoms with Crippen LogP contribution in [0.15, 0.2) is 24.3 Å². The zero-order chi connectivity index (χ0) is 15.2. The highest BCUT2D eigenvalue weighted by molar-refractivity contribution is 5.79. The summed E-state index contributed by atoms with van der Waals surface area (Å²) in [6.45, 7) is 1.13. The average Bonchev–Trinajstić information content (AvgIpc) is 2.96. The van der Waals surface area contributed by atoms with Crippen LogP contribution >= 0.6 is 0 Å². The monoisotopic (exact) mass is 295 g/mol. The first kappa shape index (κ1) is 15.3. The van der Waals surface area contributed by atoms with Crippen molar-refractivity contribution in [2.45, 2.75) is 12.8 Å². The van der Waals surface area contributed by atoms with Crippen molar-refractivity contribution in [3.63, 3.8) is 0 Å². The molecule has 0 radical (unpaired) electrons. The molecule has 1 saturated heterocycles. The molecule has 1 amide bonds. The fourth-order valence-corrected chi connectivity index (χ4v) is 2.32. The minimum Gasteiger partial charge on any atom is -0.493 e. The lowest BCUT2D eigenvalue weighted by Crippen LogP contribution is -2.31. The van der Waals surface area contributed by atoms with Crippen LogP contribution in [0.3, 0.4) is 0 Å². The number of nitrogens with zero attached hydrogens (tertiary/aromatic N) is 1. The number of esters is 1. The largest absolute Gasteiger partial charge is 0.493 e. The van der Waals surface area contributed by atoms with Gasteiger partial charge in [0.15, 0.2) is 0 Å². The summed E-state index contributed by atoms with van der Waals surface area (Å²) in [4.78, 5) is 25.0. The normalized spacial score (nSPS) is 17.6. The molecule has 1 aromatic carbocycles. The maximum Gasteiger partial charge on any atom is 0.310 e. The van der Waals surface area contributed by atoms with Gasteiger partial charge in [-0.25, -0.2) is 4.39 Å². The van der Waals surface area contributed by atoms with E-state index in [1.54, 1.807) is 17.0 Å². The van der Waals surface area contributed by atoms with Gasteiger partial charge in [-0.15, -0.1) is 0 Å². The minimum absolute atomic E-state index is 0.0715. The van der Waals surface area contributed by atoms with E-state index in [-0.39, 0.29) is 36.6 Å². The predicted molar refractivity (Wildman–Crippen MR) is 73.2 cm³/mol. The number of benzene rings is 1. The molecule has 1 aliphatic rings. The summed E-state index contributed by atoms with van der Waals surface area (Å²) in [5.74, 6) is -0.557. The Morgan fingerprint density at radius 1 is 1.43 bits per heavy atom. The van der Waals surface area contributed by atoms with Gasteiger partial charge in [-0.1, -0.05) is 6.07 Å². The summed E-state index contributed by atoms with van der Waals surface area (Å²) in [7, 11) is 1.35. The molecule has 1 unspecified atom stereocenters. The first-order valence-corrected chi connectivity index (χ1v) is 6.84. The predicted octanol–water partition coefficient (Wildman–Crippen LogP) is 1.62. The number of likely N-dealkylation sites (tertiary alicyclic amines) is 1. The first-order valence-electron chi connectivity index (χ1n) is 6.84. The number of hydrogen-bond donors (Lipinski definition) is 0. The second-order valence-corrected chi connectivity index (χ2v) is 4.90. The van der Waals surface area contributed by atoms with Crippen molar-refractivity contribution in [2.24, 2.45) is 5.92 Å². The van der Waals surface area contributed by atoms with Gasteiger partial charge in [0.1, 0.15) is 11.6 Å². The van der Waals surface area contributed by atoms with E-state index in [2.05, 4.69) is 4.74 Å². The molecule has 1 fully saturated rings. The smallest absolute Gasteiger partial charge is 0.310 e. The van der Waals surface area contributed by atoms with Gasteiger partial charge < -0.3 is 14.4 Å². The van der Waals surface area contributed by atoms with E-state index in [0.717, 1.165) is 0 Å². The molecule has 21 heavy (non-hydrogen) atoms. The molecule has 5 nitrogen and oxygen atoms in total. The van der Waals surface area contributed by atoms with Gasteiger partial charge in [-0.05, 0) is 18.6 Å². The van der Waals surface area contributed by atoms with Gasteiger partial charge in [0.25, 0.3) is 0 Å². The Morgan fingerprint density at radius 2 is 2.24 bits per heavy atom. The van der Waals surface area contributed by atoms with Crippen LogP contribution in [-0.4, -0.2) is 43.6 Å². The Kier molecular flexibility index (Phi) is 5.14. The molecule has 6 heteroatoms. The number of hydrogen-bond acceptors (Lipinski definition) is 4. The number of carbonyl (C=O) groups is 2. The second-order valence-electron chi connectivity index (χ2n) is 4.90. The Labute approximate surface area is 122 Å². The van der Waals surface area contributed by atoms with Crippen LogP contribution in [0.4, 0.5) is 4.39 Å². The lowest BCUT2D eigenvalue weighted by Gasteiger charge is -2.16. The number of ether oxygens (including phenoxy) is 2. The quantitative estimate of drug-likeness (QED) is 0.775. The second kappa shape index (κ2) is 7.06. The van der Waals surface area contributed by atoms with Gasteiger partial charge in [-0.3, -0.25) is 9.59 Å². The van der Waals surface area contributed by atoms with Gasteiger partial charge in [0, 0.05) is 19.2 Å². The zero-order valence-electron chi connectivity index (χ0n) is 11.9.